The Morgan fingerprint density at radius 3 is 2.73 bits per heavy atom. The van der Waals surface area contributed by atoms with Crippen LogP contribution in [0, 0.1) is 13.8 Å². The highest BCUT2D eigenvalue weighted by Crippen LogP contribution is 2.16. The summed E-state index contributed by atoms with van der Waals surface area (Å²) >= 11 is 0. The maximum atomic E-state index is 11.6. The lowest BCUT2D eigenvalue weighted by Gasteiger charge is -2.12. The van der Waals surface area contributed by atoms with Gasteiger partial charge in [0.05, 0.1) is 6.04 Å². The first kappa shape index (κ1) is 11.7. The number of rotatable bonds is 3. The molecule has 0 radical (unpaired) electrons. The molecule has 0 aliphatic rings. The van der Waals surface area contributed by atoms with Crippen LogP contribution in [0.2, 0.25) is 0 Å². The van der Waals surface area contributed by atoms with Gasteiger partial charge in [-0.1, -0.05) is 19.1 Å². The Kier molecular flexibility index (Phi) is 3.86. The molecule has 1 aromatic carbocycles. The lowest BCUT2D eigenvalue weighted by molar-refractivity contribution is -0.117. The van der Waals surface area contributed by atoms with Crippen molar-refractivity contribution in [2.75, 3.05) is 5.32 Å². The molecule has 0 aliphatic carbocycles. The molecular formula is C12H18N2O. The molecule has 0 fully saturated rings. The molecule has 1 amide bonds. The third kappa shape index (κ3) is 3.06. The van der Waals surface area contributed by atoms with Gasteiger partial charge in [0, 0.05) is 5.69 Å². The van der Waals surface area contributed by atoms with Gasteiger partial charge in [0.1, 0.15) is 0 Å². The second-order valence-corrected chi connectivity index (χ2v) is 3.82. The van der Waals surface area contributed by atoms with Gasteiger partial charge in [-0.3, -0.25) is 4.79 Å². The summed E-state index contributed by atoms with van der Waals surface area (Å²) in [6.07, 6.45) is 0.650. The molecule has 15 heavy (non-hydrogen) atoms. The molecule has 82 valence electrons. The monoisotopic (exact) mass is 206 g/mol. The van der Waals surface area contributed by atoms with Crippen molar-refractivity contribution in [3.63, 3.8) is 0 Å². The zero-order chi connectivity index (χ0) is 11.4. The van der Waals surface area contributed by atoms with Crippen molar-refractivity contribution in [1.29, 1.82) is 0 Å². The van der Waals surface area contributed by atoms with Crippen molar-refractivity contribution in [1.82, 2.24) is 0 Å². The maximum Gasteiger partial charge on any atom is 0.241 e. The lowest BCUT2D eigenvalue weighted by Crippen LogP contribution is -2.35. The van der Waals surface area contributed by atoms with E-state index in [1.165, 1.54) is 0 Å². The first-order valence-corrected chi connectivity index (χ1v) is 5.18. The van der Waals surface area contributed by atoms with Gasteiger partial charge in [-0.05, 0) is 37.5 Å². The summed E-state index contributed by atoms with van der Waals surface area (Å²) in [5.74, 6) is -0.119. The third-order valence-corrected chi connectivity index (χ3v) is 2.43. The van der Waals surface area contributed by atoms with E-state index in [1.807, 2.05) is 39.0 Å². The van der Waals surface area contributed by atoms with Gasteiger partial charge < -0.3 is 11.1 Å². The molecule has 3 N–H and O–H groups in total. The number of hydrogen-bond acceptors (Lipinski definition) is 2. The number of aryl methyl sites for hydroxylation is 2. The van der Waals surface area contributed by atoms with Crippen LogP contribution >= 0.6 is 0 Å². The van der Waals surface area contributed by atoms with E-state index in [0.29, 0.717) is 6.42 Å². The molecule has 1 rings (SSSR count). The summed E-state index contributed by atoms with van der Waals surface area (Å²) in [6.45, 7) is 5.86. The van der Waals surface area contributed by atoms with E-state index in [9.17, 15) is 4.79 Å². The fraction of sp³-hybridized carbons (Fsp3) is 0.417. The van der Waals surface area contributed by atoms with Gasteiger partial charge in [0.15, 0.2) is 0 Å². The molecule has 0 aliphatic heterocycles. The Morgan fingerprint density at radius 1 is 1.47 bits per heavy atom. The minimum atomic E-state index is -0.426. The molecule has 0 unspecified atom stereocenters. The molecule has 0 aromatic heterocycles. The van der Waals surface area contributed by atoms with Crippen molar-refractivity contribution in [3.8, 4) is 0 Å². The van der Waals surface area contributed by atoms with Gasteiger partial charge >= 0.3 is 0 Å². The average Bonchev–Trinajstić information content (AvgIpc) is 2.22. The zero-order valence-corrected chi connectivity index (χ0v) is 9.50. The normalized spacial score (nSPS) is 12.3. The van der Waals surface area contributed by atoms with Crippen LogP contribution in [-0.2, 0) is 4.79 Å². The van der Waals surface area contributed by atoms with Crippen molar-refractivity contribution >= 4 is 11.6 Å². The van der Waals surface area contributed by atoms with Crippen LogP contribution in [0.1, 0.15) is 24.5 Å². The van der Waals surface area contributed by atoms with E-state index in [-0.39, 0.29) is 5.91 Å². The summed E-state index contributed by atoms with van der Waals surface area (Å²) in [6, 6.07) is 5.54. The smallest absolute Gasteiger partial charge is 0.241 e. The maximum absolute atomic E-state index is 11.6. The van der Waals surface area contributed by atoms with Crippen molar-refractivity contribution in [3.05, 3.63) is 29.3 Å². The Labute approximate surface area is 90.7 Å². The molecule has 1 aromatic rings. The highest BCUT2D eigenvalue weighted by atomic mass is 16.2. The molecule has 0 saturated carbocycles. The predicted octanol–water partition coefficient (Wildman–Crippen LogP) is 1.98. The summed E-state index contributed by atoms with van der Waals surface area (Å²) in [7, 11) is 0. The highest BCUT2D eigenvalue weighted by Gasteiger charge is 2.11. The standard InChI is InChI=1S/C12H18N2O/c1-4-10(13)12(15)14-11-7-8(2)5-6-9(11)3/h5-7,10H,4,13H2,1-3H3,(H,14,15)/t10-/m0/s1. The van der Waals surface area contributed by atoms with E-state index < -0.39 is 6.04 Å². The SMILES string of the molecule is CC[C@H](N)C(=O)Nc1cc(C)ccc1C. The Morgan fingerprint density at radius 2 is 2.13 bits per heavy atom. The minimum Gasteiger partial charge on any atom is -0.324 e. The molecule has 1 atom stereocenters. The Bertz CT molecular complexity index is 361. The van der Waals surface area contributed by atoms with Crippen LogP contribution in [0.3, 0.4) is 0 Å². The van der Waals surface area contributed by atoms with Crippen LogP contribution in [-0.4, -0.2) is 11.9 Å². The van der Waals surface area contributed by atoms with Crippen LogP contribution < -0.4 is 11.1 Å². The number of carbonyl (C=O) groups excluding carboxylic acids is 1. The van der Waals surface area contributed by atoms with E-state index in [1.54, 1.807) is 0 Å². The number of benzene rings is 1. The second-order valence-electron chi connectivity index (χ2n) is 3.82. The quantitative estimate of drug-likeness (QED) is 0.794. The number of amides is 1. The number of nitrogens with one attached hydrogen (secondary N) is 1. The molecule has 0 spiro atoms. The van der Waals surface area contributed by atoms with Crippen LogP contribution in [0.5, 0.6) is 0 Å². The van der Waals surface area contributed by atoms with Crippen LogP contribution in [0.25, 0.3) is 0 Å². The lowest BCUT2D eigenvalue weighted by atomic mass is 10.1. The van der Waals surface area contributed by atoms with Crippen LogP contribution in [0.4, 0.5) is 5.69 Å². The first-order chi connectivity index (χ1) is 7.04. The van der Waals surface area contributed by atoms with Gasteiger partial charge in [-0.2, -0.15) is 0 Å². The fourth-order valence-corrected chi connectivity index (χ4v) is 1.28. The topological polar surface area (TPSA) is 55.1 Å². The van der Waals surface area contributed by atoms with Crippen molar-refractivity contribution < 1.29 is 4.79 Å². The molecule has 0 heterocycles. The van der Waals surface area contributed by atoms with E-state index >= 15 is 0 Å². The summed E-state index contributed by atoms with van der Waals surface area (Å²) in [4.78, 5) is 11.6. The zero-order valence-electron chi connectivity index (χ0n) is 9.50. The molecule has 0 bridgehead atoms. The number of hydrogen-bond donors (Lipinski definition) is 2. The second kappa shape index (κ2) is 4.94. The molecule has 0 saturated heterocycles. The van der Waals surface area contributed by atoms with Gasteiger partial charge in [-0.25, -0.2) is 0 Å². The Balaban J connectivity index is 2.80. The molecule has 3 heteroatoms. The number of carbonyl (C=O) groups is 1. The minimum absolute atomic E-state index is 0.119. The summed E-state index contributed by atoms with van der Waals surface area (Å²) in [5, 5.41) is 2.84. The largest absolute Gasteiger partial charge is 0.324 e. The summed E-state index contributed by atoms with van der Waals surface area (Å²) in [5.41, 5.74) is 8.67. The van der Waals surface area contributed by atoms with Crippen molar-refractivity contribution in [2.45, 2.75) is 33.2 Å². The number of anilines is 1. The van der Waals surface area contributed by atoms with Gasteiger partial charge in [-0.15, -0.1) is 0 Å². The predicted molar refractivity (Wildman–Crippen MR) is 62.8 cm³/mol. The van der Waals surface area contributed by atoms with E-state index in [0.717, 1.165) is 16.8 Å². The van der Waals surface area contributed by atoms with Crippen molar-refractivity contribution in [2.24, 2.45) is 5.73 Å². The fourth-order valence-electron chi connectivity index (χ4n) is 1.28. The van der Waals surface area contributed by atoms with E-state index in [4.69, 9.17) is 5.73 Å². The third-order valence-electron chi connectivity index (χ3n) is 2.43. The van der Waals surface area contributed by atoms with Gasteiger partial charge in [0.25, 0.3) is 0 Å². The first-order valence-electron chi connectivity index (χ1n) is 5.18. The molecule has 3 nitrogen and oxygen atoms in total. The van der Waals surface area contributed by atoms with E-state index in [2.05, 4.69) is 5.32 Å². The Hall–Kier alpha value is -1.35. The summed E-state index contributed by atoms with van der Waals surface area (Å²) < 4.78 is 0. The van der Waals surface area contributed by atoms with Crippen LogP contribution in [0.15, 0.2) is 18.2 Å². The average molecular weight is 206 g/mol. The number of nitrogens with two attached hydrogens (primary N) is 1. The highest BCUT2D eigenvalue weighted by molar-refractivity contribution is 5.95. The molecular weight excluding hydrogens is 188 g/mol. The van der Waals surface area contributed by atoms with Gasteiger partial charge in [0.2, 0.25) is 5.91 Å².